The highest BCUT2D eigenvalue weighted by Crippen LogP contribution is 2.31. The number of aromatic nitrogens is 1. The third kappa shape index (κ3) is 5.94. The van der Waals surface area contributed by atoms with Gasteiger partial charge in [-0.1, -0.05) is 72.8 Å². The molecule has 11 heteroatoms. The molecule has 10 nitrogen and oxygen atoms in total. The van der Waals surface area contributed by atoms with E-state index >= 15 is 0 Å². The monoisotopic (exact) mass is 609 g/mol. The Kier molecular flexibility index (Phi) is 8.69. The van der Waals surface area contributed by atoms with E-state index in [0.717, 1.165) is 32.5 Å². The summed E-state index contributed by atoms with van der Waals surface area (Å²) in [5.74, 6) is -0.375. The minimum absolute atomic E-state index is 0.0496. The zero-order valence-electron chi connectivity index (χ0n) is 24.3. The number of amides is 4. The maximum absolute atomic E-state index is 14.3. The van der Waals surface area contributed by atoms with E-state index in [1.807, 2.05) is 72.8 Å². The quantitative estimate of drug-likeness (QED) is 0.281. The van der Waals surface area contributed by atoms with Crippen LogP contribution in [0.1, 0.15) is 22.3 Å². The van der Waals surface area contributed by atoms with Gasteiger partial charge < -0.3 is 20.9 Å². The SMILES string of the molecule is C=CCN1CC(=O)N2[C@@H](Cc3cccc(CN)c3)C(=O)N(Cc3cccc4scnc34)C[C@@H]2N1C(=O)NCc1ccccc1. The van der Waals surface area contributed by atoms with Crippen molar-refractivity contribution in [1.82, 2.24) is 30.1 Å². The van der Waals surface area contributed by atoms with Crippen LogP contribution in [-0.2, 0) is 35.6 Å². The van der Waals surface area contributed by atoms with Crippen molar-refractivity contribution in [2.45, 2.75) is 38.3 Å². The smallest absolute Gasteiger partial charge is 0.333 e. The summed E-state index contributed by atoms with van der Waals surface area (Å²) in [7, 11) is 0. The third-order valence-electron chi connectivity index (χ3n) is 8.13. The minimum Gasteiger partial charge on any atom is -0.333 e. The van der Waals surface area contributed by atoms with Gasteiger partial charge in [0.2, 0.25) is 11.8 Å². The van der Waals surface area contributed by atoms with Crippen LogP contribution in [0.2, 0.25) is 0 Å². The lowest BCUT2D eigenvalue weighted by atomic mass is 9.97. The number of hydrogen-bond acceptors (Lipinski definition) is 7. The summed E-state index contributed by atoms with van der Waals surface area (Å²) in [6.45, 7) is 5.25. The third-order valence-corrected chi connectivity index (χ3v) is 8.92. The standard InChI is InChI=1S/C33H35N7O3S/c1-2-14-38-21-30(41)39-27(16-24-10-6-11-25(15-24)17-34)32(42)37(19-26-12-7-13-28-31(26)36-22-44-28)20-29(39)40(38)33(43)35-18-23-8-4-3-5-9-23/h2-13,15,22,27,29H,1,14,16-21,34H2,(H,35,43)/t27-,29-/m0/s1. The Hall–Kier alpha value is -4.58. The number of benzene rings is 3. The lowest BCUT2D eigenvalue weighted by Crippen LogP contribution is -2.76. The summed E-state index contributed by atoms with van der Waals surface area (Å²) in [6.07, 6.45) is 1.25. The summed E-state index contributed by atoms with van der Waals surface area (Å²) in [4.78, 5) is 50.0. The highest BCUT2D eigenvalue weighted by molar-refractivity contribution is 7.16. The second kappa shape index (κ2) is 13.0. The molecule has 3 aromatic carbocycles. The van der Waals surface area contributed by atoms with Crippen molar-refractivity contribution in [2.75, 3.05) is 19.6 Å². The van der Waals surface area contributed by atoms with Crippen LogP contribution < -0.4 is 11.1 Å². The summed E-state index contributed by atoms with van der Waals surface area (Å²) in [5.41, 5.74) is 12.3. The first-order valence-electron chi connectivity index (χ1n) is 14.6. The molecule has 0 saturated carbocycles. The summed E-state index contributed by atoms with van der Waals surface area (Å²) in [5, 5.41) is 6.33. The number of carbonyl (C=O) groups excluding carboxylic acids is 3. The van der Waals surface area contributed by atoms with E-state index in [2.05, 4.69) is 16.9 Å². The van der Waals surface area contributed by atoms with E-state index < -0.39 is 12.2 Å². The largest absolute Gasteiger partial charge is 0.334 e. The Morgan fingerprint density at radius 1 is 1.05 bits per heavy atom. The van der Waals surface area contributed by atoms with Crippen LogP contribution in [0.25, 0.3) is 10.2 Å². The van der Waals surface area contributed by atoms with Crippen molar-refractivity contribution in [3.05, 3.63) is 113 Å². The van der Waals surface area contributed by atoms with E-state index in [9.17, 15) is 14.4 Å². The fraction of sp³-hybridized carbons (Fsp3) is 0.273. The first-order valence-corrected chi connectivity index (χ1v) is 15.5. The average molecular weight is 610 g/mol. The van der Waals surface area contributed by atoms with Crippen molar-refractivity contribution in [3.8, 4) is 0 Å². The van der Waals surface area contributed by atoms with Crippen molar-refractivity contribution < 1.29 is 14.4 Å². The number of fused-ring (bicyclic) bond motifs is 2. The average Bonchev–Trinajstić information content (AvgIpc) is 3.53. The molecule has 0 spiro atoms. The number of nitrogens with two attached hydrogens (primary N) is 1. The molecule has 0 unspecified atom stereocenters. The summed E-state index contributed by atoms with van der Waals surface area (Å²) in [6, 6.07) is 22.2. The molecule has 0 bridgehead atoms. The van der Waals surface area contributed by atoms with Crippen LogP contribution in [0.5, 0.6) is 0 Å². The van der Waals surface area contributed by atoms with E-state index in [-0.39, 0.29) is 30.9 Å². The van der Waals surface area contributed by atoms with E-state index in [1.54, 1.807) is 42.7 Å². The van der Waals surface area contributed by atoms with Gasteiger partial charge in [0.1, 0.15) is 12.2 Å². The van der Waals surface area contributed by atoms with Crippen LogP contribution in [0.3, 0.4) is 0 Å². The molecular weight excluding hydrogens is 574 g/mol. The van der Waals surface area contributed by atoms with Gasteiger partial charge in [-0.05, 0) is 28.3 Å². The highest BCUT2D eigenvalue weighted by Gasteiger charge is 2.51. The molecule has 44 heavy (non-hydrogen) atoms. The van der Waals surface area contributed by atoms with Crippen LogP contribution in [0.15, 0.2) is 91.0 Å². The zero-order chi connectivity index (χ0) is 30.6. The van der Waals surface area contributed by atoms with Gasteiger partial charge in [-0.25, -0.2) is 19.8 Å². The Labute approximate surface area is 260 Å². The molecule has 4 aromatic rings. The number of nitrogens with one attached hydrogen (secondary N) is 1. The molecule has 4 amide bonds. The van der Waals surface area contributed by atoms with Gasteiger partial charge >= 0.3 is 6.03 Å². The molecule has 2 saturated heterocycles. The predicted octanol–water partition coefficient (Wildman–Crippen LogP) is 3.49. The molecule has 2 aliphatic rings. The fourth-order valence-electron chi connectivity index (χ4n) is 6.08. The van der Waals surface area contributed by atoms with Crippen LogP contribution >= 0.6 is 11.3 Å². The number of rotatable bonds is 9. The summed E-state index contributed by atoms with van der Waals surface area (Å²) < 4.78 is 1.04. The number of nitrogens with zero attached hydrogens (tertiary/aromatic N) is 5. The van der Waals surface area contributed by atoms with Crippen molar-refractivity contribution in [3.63, 3.8) is 0 Å². The minimum atomic E-state index is -0.806. The highest BCUT2D eigenvalue weighted by atomic mass is 32.1. The topological polar surface area (TPSA) is 115 Å². The number of hydrogen-bond donors (Lipinski definition) is 2. The second-order valence-electron chi connectivity index (χ2n) is 11.0. The van der Waals surface area contributed by atoms with Gasteiger partial charge in [0.05, 0.1) is 28.8 Å². The first-order chi connectivity index (χ1) is 21.5. The maximum atomic E-state index is 14.3. The normalized spacial score (nSPS) is 18.9. The van der Waals surface area contributed by atoms with E-state index in [1.165, 1.54) is 0 Å². The Balaban J connectivity index is 1.37. The predicted molar refractivity (Wildman–Crippen MR) is 170 cm³/mol. The molecule has 0 radical (unpaired) electrons. The van der Waals surface area contributed by atoms with Crippen molar-refractivity contribution in [2.24, 2.45) is 5.73 Å². The Bertz CT molecular complexity index is 1680. The number of piperazine rings is 1. The Morgan fingerprint density at radius 3 is 2.61 bits per heavy atom. The molecule has 2 atom stereocenters. The summed E-state index contributed by atoms with van der Waals surface area (Å²) >= 11 is 1.55. The molecular formula is C33H35N7O3S. The molecule has 0 aliphatic carbocycles. The second-order valence-corrected chi connectivity index (χ2v) is 11.9. The fourth-order valence-corrected chi connectivity index (χ4v) is 6.81. The number of thiazole rings is 1. The van der Waals surface area contributed by atoms with Gasteiger partial charge in [-0.15, -0.1) is 17.9 Å². The molecule has 226 valence electrons. The molecule has 2 fully saturated rings. The van der Waals surface area contributed by atoms with E-state index in [4.69, 9.17) is 5.73 Å². The molecule has 1 aromatic heterocycles. The van der Waals surface area contributed by atoms with Crippen LogP contribution in [0, 0.1) is 0 Å². The first kappa shape index (κ1) is 29.5. The number of para-hydroxylation sites is 1. The number of carbonyl (C=O) groups is 3. The molecule has 3 heterocycles. The van der Waals surface area contributed by atoms with Crippen molar-refractivity contribution in [1.29, 1.82) is 0 Å². The maximum Gasteiger partial charge on any atom is 0.334 e. The van der Waals surface area contributed by atoms with Gasteiger partial charge in [0.25, 0.3) is 0 Å². The Morgan fingerprint density at radius 2 is 1.82 bits per heavy atom. The van der Waals surface area contributed by atoms with Crippen LogP contribution in [0.4, 0.5) is 4.79 Å². The van der Waals surface area contributed by atoms with Gasteiger partial charge in [0, 0.05) is 32.6 Å². The van der Waals surface area contributed by atoms with E-state index in [0.29, 0.717) is 32.6 Å². The molecule has 6 rings (SSSR count). The lowest BCUT2D eigenvalue weighted by molar-refractivity contribution is -0.189. The molecule has 3 N–H and O–H groups in total. The number of hydrazine groups is 1. The molecule has 2 aliphatic heterocycles. The van der Waals surface area contributed by atoms with Gasteiger partial charge in [-0.3, -0.25) is 9.59 Å². The number of urea groups is 1. The van der Waals surface area contributed by atoms with Gasteiger partial charge in [-0.2, -0.15) is 0 Å². The van der Waals surface area contributed by atoms with Crippen molar-refractivity contribution >= 4 is 39.4 Å². The van der Waals surface area contributed by atoms with Crippen LogP contribution in [-0.4, -0.2) is 74.5 Å². The lowest BCUT2D eigenvalue weighted by Gasteiger charge is -2.55. The van der Waals surface area contributed by atoms with Gasteiger partial charge in [0.15, 0.2) is 0 Å². The zero-order valence-corrected chi connectivity index (χ0v) is 25.2.